The summed E-state index contributed by atoms with van der Waals surface area (Å²) >= 11 is 0. The predicted molar refractivity (Wildman–Crippen MR) is 98.0 cm³/mol. The molecule has 2 aromatic rings. The zero-order valence-electron chi connectivity index (χ0n) is 14.7. The number of hydrogen-bond acceptors (Lipinski definition) is 2. The highest BCUT2D eigenvalue weighted by atomic mass is 16.5. The van der Waals surface area contributed by atoms with Crippen molar-refractivity contribution >= 4 is 11.5 Å². The Bertz CT molecular complexity index is 467. The number of benzene rings is 2. The molecule has 0 atom stereocenters. The van der Waals surface area contributed by atoms with Gasteiger partial charge in [0.1, 0.15) is 0 Å². The SMILES string of the molecule is CC.CC.CC.ONC(=Nc1ccccc1)c1ccccc1. The number of nitrogens with one attached hydrogen (secondary N) is 1. The van der Waals surface area contributed by atoms with Crippen LogP contribution in [0, 0.1) is 0 Å². The third-order valence-corrected chi connectivity index (χ3v) is 2.15. The average molecular weight is 302 g/mol. The van der Waals surface area contributed by atoms with Gasteiger partial charge in [0.25, 0.3) is 0 Å². The summed E-state index contributed by atoms with van der Waals surface area (Å²) in [5.74, 6) is 0.437. The molecule has 0 amide bonds. The topological polar surface area (TPSA) is 44.6 Å². The third-order valence-electron chi connectivity index (χ3n) is 2.15. The maximum atomic E-state index is 9.06. The molecule has 3 nitrogen and oxygen atoms in total. The quantitative estimate of drug-likeness (QED) is 0.417. The van der Waals surface area contributed by atoms with Gasteiger partial charge in [-0.15, -0.1) is 0 Å². The summed E-state index contributed by atoms with van der Waals surface area (Å²) in [6.45, 7) is 12.0. The number of para-hydroxylation sites is 1. The molecule has 0 unspecified atom stereocenters. The van der Waals surface area contributed by atoms with Crippen molar-refractivity contribution in [1.29, 1.82) is 0 Å². The lowest BCUT2D eigenvalue weighted by Crippen LogP contribution is -2.19. The number of aliphatic imine (C=N–C) groups is 1. The van der Waals surface area contributed by atoms with Crippen molar-refractivity contribution in [2.24, 2.45) is 4.99 Å². The molecule has 22 heavy (non-hydrogen) atoms. The Morgan fingerprint density at radius 1 is 0.727 bits per heavy atom. The van der Waals surface area contributed by atoms with E-state index in [2.05, 4.69) is 10.5 Å². The van der Waals surface area contributed by atoms with Crippen molar-refractivity contribution in [2.45, 2.75) is 41.5 Å². The van der Waals surface area contributed by atoms with E-state index in [-0.39, 0.29) is 0 Å². The molecule has 2 rings (SSSR count). The van der Waals surface area contributed by atoms with Crippen LogP contribution >= 0.6 is 0 Å². The van der Waals surface area contributed by atoms with Crippen LogP contribution in [0.5, 0.6) is 0 Å². The molecule has 0 radical (unpaired) electrons. The van der Waals surface area contributed by atoms with Gasteiger partial charge in [0.15, 0.2) is 5.84 Å². The van der Waals surface area contributed by atoms with E-state index in [0.717, 1.165) is 11.3 Å². The van der Waals surface area contributed by atoms with Crippen LogP contribution < -0.4 is 5.48 Å². The van der Waals surface area contributed by atoms with Gasteiger partial charge >= 0.3 is 0 Å². The van der Waals surface area contributed by atoms with Gasteiger partial charge < -0.3 is 0 Å². The molecule has 122 valence electrons. The lowest BCUT2D eigenvalue weighted by atomic mass is 10.2. The number of nitrogens with zero attached hydrogens (tertiary/aromatic N) is 1. The van der Waals surface area contributed by atoms with Gasteiger partial charge in [-0.1, -0.05) is 90.1 Å². The number of amidine groups is 1. The van der Waals surface area contributed by atoms with E-state index >= 15 is 0 Å². The smallest absolute Gasteiger partial charge is 0.157 e. The zero-order chi connectivity index (χ0) is 17.2. The first-order chi connectivity index (χ1) is 10.9. The molecule has 0 aliphatic rings. The average Bonchev–Trinajstić information content (AvgIpc) is 2.66. The molecule has 0 fully saturated rings. The number of hydroxylamine groups is 1. The minimum Gasteiger partial charge on any atom is -0.290 e. The second kappa shape index (κ2) is 16.9. The Kier molecular flexibility index (Phi) is 17.0. The Balaban J connectivity index is 0. The highest BCUT2D eigenvalue weighted by molar-refractivity contribution is 5.99. The fraction of sp³-hybridized carbons (Fsp3) is 0.316. The molecule has 0 bridgehead atoms. The molecule has 0 aliphatic heterocycles. The highest BCUT2D eigenvalue weighted by Crippen LogP contribution is 2.11. The number of hydrogen-bond donors (Lipinski definition) is 2. The first-order valence-electron chi connectivity index (χ1n) is 7.99. The van der Waals surface area contributed by atoms with Gasteiger partial charge in [-0.2, -0.15) is 0 Å². The minimum absolute atomic E-state index is 0.437. The van der Waals surface area contributed by atoms with Gasteiger partial charge in [-0.3, -0.25) is 10.7 Å². The fourth-order valence-electron chi connectivity index (χ4n) is 1.38. The Morgan fingerprint density at radius 3 is 1.55 bits per heavy atom. The first kappa shape index (κ1) is 22.2. The highest BCUT2D eigenvalue weighted by Gasteiger charge is 2.00. The third kappa shape index (κ3) is 8.93. The van der Waals surface area contributed by atoms with Gasteiger partial charge in [0, 0.05) is 5.56 Å². The summed E-state index contributed by atoms with van der Waals surface area (Å²) in [7, 11) is 0. The molecule has 0 aliphatic carbocycles. The van der Waals surface area contributed by atoms with Crippen LogP contribution in [0.1, 0.15) is 47.1 Å². The molecule has 0 aromatic heterocycles. The summed E-state index contributed by atoms with van der Waals surface area (Å²) in [5.41, 5.74) is 3.75. The van der Waals surface area contributed by atoms with E-state index in [4.69, 9.17) is 5.21 Å². The summed E-state index contributed by atoms with van der Waals surface area (Å²) < 4.78 is 0. The monoisotopic (exact) mass is 302 g/mol. The molecule has 0 spiro atoms. The molecule has 0 heterocycles. The standard InChI is InChI=1S/C13H12N2O.3C2H6/c16-15-13(11-7-3-1-4-8-11)14-12-9-5-2-6-10-12;3*1-2/h1-10,16H,(H,14,15);3*1-2H3. The second-order valence-electron chi connectivity index (χ2n) is 3.27. The summed E-state index contributed by atoms with van der Waals surface area (Å²) in [6.07, 6.45) is 0. The lowest BCUT2D eigenvalue weighted by molar-refractivity contribution is 0.235. The maximum Gasteiger partial charge on any atom is 0.157 e. The molecule has 2 aromatic carbocycles. The van der Waals surface area contributed by atoms with E-state index in [0.29, 0.717) is 5.84 Å². The Hall–Kier alpha value is -2.13. The van der Waals surface area contributed by atoms with E-state index in [1.807, 2.05) is 102 Å². The zero-order valence-corrected chi connectivity index (χ0v) is 14.7. The predicted octanol–water partition coefficient (Wildman–Crippen LogP) is 5.82. The molecular weight excluding hydrogens is 272 g/mol. The number of rotatable bonds is 2. The van der Waals surface area contributed by atoms with Gasteiger partial charge in [-0.25, -0.2) is 4.99 Å². The summed E-state index contributed by atoms with van der Waals surface area (Å²) in [5, 5.41) is 9.06. The van der Waals surface area contributed by atoms with Crippen molar-refractivity contribution in [3.8, 4) is 0 Å². The largest absolute Gasteiger partial charge is 0.290 e. The van der Waals surface area contributed by atoms with Gasteiger partial charge in [-0.05, 0) is 12.1 Å². The maximum absolute atomic E-state index is 9.06. The van der Waals surface area contributed by atoms with Crippen molar-refractivity contribution in [1.82, 2.24) is 5.48 Å². The van der Waals surface area contributed by atoms with E-state index < -0.39 is 0 Å². The van der Waals surface area contributed by atoms with Crippen LogP contribution in [0.2, 0.25) is 0 Å². The van der Waals surface area contributed by atoms with Crippen LogP contribution in [0.15, 0.2) is 65.7 Å². The van der Waals surface area contributed by atoms with Crippen molar-refractivity contribution in [2.75, 3.05) is 0 Å². The van der Waals surface area contributed by atoms with Crippen LogP contribution in [0.3, 0.4) is 0 Å². The van der Waals surface area contributed by atoms with Gasteiger partial charge in [0.05, 0.1) is 5.69 Å². The summed E-state index contributed by atoms with van der Waals surface area (Å²) in [6, 6.07) is 18.9. The second-order valence-corrected chi connectivity index (χ2v) is 3.27. The Morgan fingerprint density at radius 2 is 1.14 bits per heavy atom. The normalized spacial score (nSPS) is 8.95. The van der Waals surface area contributed by atoms with Crippen molar-refractivity contribution in [3.05, 3.63) is 66.2 Å². The van der Waals surface area contributed by atoms with Crippen LogP contribution in [0.25, 0.3) is 0 Å². The van der Waals surface area contributed by atoms with Crippen molar-refractivity contribution < 1.29 is 5.21 Å². The molecule has 3 heteroatoms. The van der Waals surface area contributed by atoms with Crippen molar-refractivity contribution in [3.63, 3.8) is 0 Å². The van der Waals surface area contributed by atoms with Crippen LogP contribution in [-0.4, -0.2) is 11.0 Å². The molecular formula is C19H30N2O. The summed E-state index contributed by atoms with van der Waals surface area (Å²) in [4.78, 5) is 4.30. The van der Waals surface area contributed by atoms with Gasteiger partial charge in [0.2, 0.25) is 0 Å². The lowest BCUT2D eigenvalue weighted by Gasteiger charge is -2.04. The van der Waals surface area contributed by atoms with Crippen LogP contribution in [0.4, 0.5) is 5.69 Å². The van der Waals surface area contributed by atoms with E-state index in [1.165, 1.54) is 0 Å². The fourth-order valence-corrected chi connectivity index (χ4v) is 1.38. The first-order valence-corrected chi connectivity index (χ1v) is 7.99. The minimum atomic E-state index is 0.437. The van der Waals surface area contributed by atoms with Crippen LogP contribution in [-0.2, 0) is 0 Å². The van der Waals surface area contributed by atoms with E-state index in [9.17, 15) is 0 Å². The Labute approximate surface area is 135 Å². The van der Waals surface area contributed by atoms with E-state index in [1.54, 1.807) is 0 Å². The molecule has 2 N–H and O–H groups in total. The molecule has 0 saturated heterocycles. The molecule has 0 saturated carbocycles.